The minimum absolute atomic E-state index is 0.115. The number of piperidine rings is 1. The van der Waals surface area contributed by atoms with Gasteiger partial charge in [-0.25, -0.2) is 0 Å². The van der Waals surface area contributed by atoms with E-state index in [0.717, 1.165) is 41.5 Å². The summed E-state index contributed by atoms with van der Waals surface area (Å²) < 4.78 is 26.9. The van der Waals surface area contributed by atoms with Gasteiger partial charge < -0.3 is 29.2 Å². The number of allylic oxidation sites excluding steroid dienone is 1. The second-order valence-electron chi connectivity index (χ2n) is 13.4. The molecule has 4 aromatic rings. The molecule has 1 heterocycles. The minimum Gasteiger partial charge on any atom is -0.375 e. The number of unbranched alkanes of at least 4 members (excludes halogenated alkanes) is 2. The predicted molar refractivity (Wildman–Crippen MR) is 208 cm³/mol. The van der Waals surface area contributed by atoms with E-state index in [2.05, 4.69) is 18.8 Å². The number of hydrogen-bond acceptors (Lipinski definition) is 6. The summed E-state index contributed by atoms with van der Waals surface area (Å²) in [4.78, 5) is 30.8. The van der Waals surface area contributed by atoms with Crippen LogP contribution in [0.3, 0.4) is 0 Å². The predicted octanol–water partition coefficient (Wildman–Crippen LogP) is 7.81. The Kier molecular flexibility index (Phi) is 16.3. The molecule has 8 nitrogen and oxygen atoms in total. The molecule has 4 aromatic carbocycles. The van der Waals surface area contributed by atoms with Gasteiger partial charge in [0.05, 0.1) is 39.1 Å². The maximum atomic E-state index is 14.6. The SMILES string of the molecule is C=CCCC(=O)N1[C@H](COCc2ccccc2)[C@@H](OCc2ccccc2)[C@H](OCc2ccccc2)[C@@H](OCc2ccccc2)[C@H]1C(=O)NCCCCC. The molecule has 0 bridgehead atoms. The Morgan fingerprint density at radius 3 is 1.62 bits per heavy atom. The maximum Gasteiger partial charge on any atom is 0.245 e. The standard InChI is InChI=1S/C45H54N2O6/c1-3-5-19-29-46-45(49)41-43(52-32-37-24-15-9-16-25-37)44(53-33-38-26-17-10-18-27-38)42(51-31-36-22-13-8-14-23-36)39(47(41)40(48)28-6-4-2)34-50-30-35-20-11-7-12-21-35/h4,7-18,20-27,39,41-44H,2-3,5-6,19,28-34H2,1H3,(H,46,49)/t39-,41+,42-,43+,44+/m1/s1. The number of benzene rings is 4. The Labute approximate surface area is 315 Å². The van der Waals surface area contributed by atoms with Crippen LogP contribution in [-0.2, 0) is 55.0 Å². The van der Waals surface area contributed by atoms with Crippen molar-refractivity contribution in [1.29, 1.82) is 0 Å². The molecule has 5 rings (SSSR count). The molecule has 280 valence electrons. The first-order chi connectivity index (χ1) is 26.1. The third kappa shape index (κ3) is 12.0. The molecule has 0 spiro atoms. The molecule has 0 aromatic heterocycles. The van der Waals surface area contributed by atoms with Crippen LogP contribution in [-0.4, -0.2) is 60.3 Å². The van der Waals surface area contributed by atoms with E-state index in [9.17, 15) is 9.59 Å². The zero-order valence-electron chi connectivity index (χ0n) is 30.9. The maximum absolute atomic E-state index is 14.6. The lowest BCUT2D eigenvalue weighted by Crippen LogP contribution is -2.73. The molecular formula is C45H54N2O6. The minimum atomic E-state index is -1.01. The van der Waals surface area contributed by atoms with Crippen LogP contribution in [0.25, 0.3) is 0 Å². The van der Waals surface area contributed by atoms with E-state index in [1.807, 2.05) is 121 Å². The zero-order chi connectivity index (χ0) is 37.1. The molecule has 0 radical (unpaired) electrons. The van der Waals surface area contributed by atoms with Gasteiger partial charge in [0.25, 0.3) is 0 Å². The third-order valence-corrected chi connectivity index (χ3v) is 9.45. The normalized spacial score (nSPS) is 19.8. The van der Waals surface area contributed by atoms with Gasteiger partial charge in [0.2, 0.25) is 11.8 Å². The highest BCUT2D eigenvalue weighted by Gasteiger charge is 2.55. The number of carbonyl (C=O) groups is 2. The van der Waals surface area contributed by atoms with Gasteiger partial charge in [0.15, 0.2) is 0 Å². The monoisotopic (exact) mass is 718 g/mol. The number of nitrogens with one attached hydrogen (secondary N) is 1. The summed E-state index contributed by atoms with van der Waals surface area (Å²) in [5.74, 6) is -0.482. The van der Waals surface area contributed by atoms with Gasteiger partial charge in [-0.2, -0.15) is 0 Å². The fraction of sp³-hybridized carbons (Fsp3) is 0.378. The molecule has 2 amide bonds. The van der Waals surface area contributed by atoms with Crippen molar-refractivity contribution in [3.8, 4) is 0 Å². The first kappa shape index (κ1) is 39.6. The fourth-order valence-electron chi connectivity index (χ4n) is 6.70. The van der Waals surface area contributed by atoms with Crippen LogP contribution in [0.5, 0.6) is 0 Å². The number of rotatable bonds is 21. The van der Waals surface area contributed by atoms with Gasteiger partial charge in [-0.15, -0.1) is 6.58 Å². The second-order valence-corrected chi connectivity index (χ2v) is 13.4. The second kappa shape index (κ2) is 21.8. The molecule has 5 atom stereocenters. The van der Waals surface area contributed by atoms with E-state index in [-0.39, 0.29) is 44.7 Å². The Bertz CT molecular complexity index is 1640. The lowest BCUT2D eigenvalue weighted by Gasteiger charge is -2.52. The summed E-state index contributed by atoms with van der Waals surface area (Å²) in [5, 5.41) is 3.16. The molecule has 1 fully saturated rings. The van der Waals surface area contributed by atoms with Crippen molar-refractivity contribution in [2.75, 3.05) is 13.2 Å². The third-order valence-electron chi connectivity index (χ3n) is 9.45. The van der Waals surface area contributed by atoms with Gasteiger partial charge in [0, 0.05) is 13.0 Å². The Morgan fingerprint density at radius 1 is 0.660 bits per heavy atom. The molecule has 53 heavy (non-hydrogen) atoms. The van der Waals surface area contributed by atoms with Crippen LogP contribution in [0, 0.1) is 0 Å². The number of hydrogen-bond donors (Lipinski definition) is 1. The fourth-order valence-corrected chi connectivity index (χ4v) is 6.70. The van der Waals surface area contributed by atoms with Crippen LogP contribution in [0.15, 0.2) is 134 Å². The van der Waals surface area contributed by atoms with Crippen LogP contribution < -0.4 is 5.32 Å². The molecule has 0 aliphatic carbocycles. The Morgan fingerprint density at radius 2 is 1.13 bits per heavy atom. The summed E-state index contributed by atoms with van der Waals surface area (Å²) in [5.41, 5.74) is 3.88. The Hall–Kier alpha value is -4.60. The van der Waals surface area contributed by atoms with Crippen molar-refractivity contribution < 1.29 is 28.5 Å². The smallest absolute Gasteiger partial charge is 0.245 e. The molecule has 0 saturated carbocycles. The van der Waals surface area contributed by atoms with E-state index in [1.54, 1.807) is 11.0 Å². The average Bonchev–Trinajstić information content (AvgIpc) is 3.20. The number of carbonyl (C=O) groups excluding carboxylic acids is 2. The van der Waals surface area contributed by atoms with Crippen molar-refractivity contribution in [2.45, 2.75) is 95.9 Å². The van der Waals surface area contributed by atoms with Crippen molar-refractivity contribution >= 4 is 11.8 Å². The first-order valence-corrected chi connectivity index (χ1v) is 18.9. The highest BCUT2D eigenvalue weighted by Crippen LogP contribution is 2.34. The van der Waals surface area contributed by atoms with E-state index in [0.29, 0.717) is 19.6 Å². The van der Waals surface area contributed by atoms with Gasteiger partial charge in [-0.3, -0.25) is 9.59 Å². The molecular weight excluding hydrogens is 665 g/mol. The average molecular weight is 719 g/mol. The van der Waals surface area contributed by atoms with Gasteiger partial charge in [-0.1, -0.05) is 147 Å². The van der Waals surface area contributed by atoms with E-state index in [1.165, 1.54) is 0 Å². The van der Waals surface area contributed by atoms with Gasteiger partial charge in [-0.05, 0) is 35.1 Å². The van der Waals surface area contributed by atoms with Crippen LogP contribution in [0.4, 0.5) is 0 Å². The van der Waals surface area contributed by atoms with E-state index < -0.39 is 30.4 Å². The van der Waals surface area contributed by atoms with E-state index in [4.69, 9.17) is 18.9 Å². The molecule has 1 aliphatic rings. The van der Waals surface area contributed by atoms with Crippen molar-refractivity contribution in [1.82, 2.24) is 10.2 Å². The highest BCUT2D eigenvalue weighted by atomic mass is 16.6. The number of ether oxygens (including phenoxy) is 4. The summed E-state index contributed by atoms with van der Waals surface area (Å²) in [6.07, 6.45) is 2.84. The topological polar surface area (TPSA) is 86.3 Å². The lowest BCUT2D eigenvalue weighted by atomic mass is 9.86. The number of nitrogens with zero attached hydrogens (tertiary/aromatic N) is 1. The molecule has 8 heteroatoms. The van der Waals surface area contributed by atoms with Crippen LogP contribution >= 0.6 is 0 Å². The number of amides is 2. The van der Waals surface area contributed by atoms with Crippen molar-refractivity contribution in [3.05, 3.63) is 156 Å². The lowest BCUT2D eigenvalue weighted by molar-refractivity contribution is -0.227. The van der Waals surface area contributed by atoms with Crippen molar-refractivity contribution in [2.24, 2.45) is 0 Å². The quantitative estimate of drug-likeness (QED) is 0.0699. The van der Waals surface area contributed by atoms with Crippen LogP contribution in [0.1, 0.15) is 61.3 Å². The summed E-state index contributed by atoms with van der Waals surface area (Å²) in [6.45, 7) is 7.66. The molecule has 0 unspecified atom stereocenters. The van der Waals surface area contributed by atoms with Gasteiger partial charge >= 0.3 is 0 Å². The van der Waals surface area contributed by atoms with E-state index >= 15 is 0 Å². The summed E-state index contributed by atoms with van der Waals surface area (Å²) in [7, 11) is 0. The largest absolute Gasteiger partial charge is 0.375 e. The van der Waals surface area contributed by atoms with Crippen LogP contribution in [0.2, 0.25) is 0 Å². The van der Waals surface area contributed by atoms with Gasteiger partial charge in [0.1, 0.15) is 24.4 Å². The summed E-state index contributed by atoms with van der Waals surface area (Å²) >= 11 is 0. The number of likely N-dealkylation sites (tertiary alicyclic amines) is 1. The first-order valence-electron chi connectivity index (χ1n) is 18.9. The Balaban J connectivity index is 1.59. The summed E-state index contributed by atoms with van der Waals surface area (Å²) in [6, 6.07) is 37.9. The van der Waals surface area contributed by atoms with Crippen molar-refractivity contribution in [3.63, 3.8) is 0 Å². The molecule has 1 saturated heterocycles. The highest BCUT2D eigenvalue weighted by molar-refractivity contribution is 5.89. The molecule has 1 N–H and O–H groups in total. The zero-order valence-corrected chi connectivity index (χ0v) is 30.9. The molecule has 1 aliphatic heterocycles.